The molecule has 0 saturated carbocycles. The number of rotatable bonds is 7. The van der Waals surface area contributed by atoms with Gasteiger partial charge in [0.05, 0.1) is 0 Å². The molecule has 20 heavy (non-hydrogen) atoms. The molecule has 0 bridgehead atoms. The first-order valence-electron chi connectivity index (χ1n) is 7.45. The molecule has 2 nitrogen and oxygen atoms in total. The van der Waals surface area contributed by atoms with E-state index < -0.39 is 0 Å². The van der Waals surface area contributed by atoms with Crippen LogP contribution in [0.2, 0.25) is 5.02 Å². The van der Waals surface area contributed by atoms with Crippen molar-refractivity contribution in [3.8, 4) is 11.5 Å². The van der Waals surface area contributed by atoms with Crippen LogP contribution in [0.25, 0.3) is 0 Å². The topological polar surface area (TPSA) is 18.5 Å². The Morgan fingerprint density at radius 1 is 1.10 bits per heavy atom. The number of ether oxygens (including phenoxy) is 2. The molecule has 0 aliphatic carbocycles. The molecule has 1 aliphatic rings. The first-order valence-corrected chi connectivity index (χ1v) is 8.75. The second-order valence-electron chi connectivity index (χ2n) is 5.19. The number of unbranched alkanes of at least 4 members (excludes halogenated alkanes) is 4. The standard InChI is InChI=1S/C16H22BrClO2/c1-2-3-4-5-6-7-13(17)12-10-15-16(11-14(12)18)20-9-8-19-15/h10-11,13H,2-9H2,1H3. The van der Waals surface area contributed by atoms with Crippen molar-refractivity contribution in [2.24, 2.45) is 0 Å². The Labute approximate surface area is 134 Å². The van der Waals surface area contributed by atoms with Gasteiger partial charge in [0.15, 0.2) is 11.5 Å². The second-order valence-corrected chi connectivity index (χ2v) is 6.70. The molecule has 1 heterocycles. The van der Waals surface area contributed by atoms with E-state index in [-0.39, 0.29) is 4.83 Å². The van der Waals surface area contributed by atoms with E-state index >= 15 is 0 Å². The van der Waals surface area contributed by atoms with Crippen LogP contribution in [0.4, 0.5) is 0 Å². The quantitative estimate of drug-likeness (QED) is 0.444. The van der Waals surface area contributed by atoms with Gasteiger partial charge in [-0.1, -0.05) is 66.6 Å². The summed E-state index contributed by atoms with van der Waals surface area (Å²) >= 11 is 10.1. The minimum absolute atomic E-state index is 0.285. The number of benzene rings is 1. The molecule has 0 amide bonds. The van der Waals surface area contributed by atoms with E-state index in [9.17, 15) is 0 Å². The molecule has 0 spiro atoms. The summed E-state index contributed by atoms with van der Waals surface area (Å²) in [6, 6.07) is 3.89. The maximum Gasteiger partial charge on any atom is 0.162 e. The number of fused-ring (bicyclic) bond motifs is 1. The molecular formula is C16H22BrClO2. The van der Waals surface area contributed by atoms with Gasteiger partial charge in [0.1, 0.15) is 13.2 Å². The molecule has 1 aromatic rings. The third-order valence-corrected chi connectivity index (χ3v) is 4.84. The molecule has 1 aliphatic heterocycles. The van der Waals surface area contributed by atoms with E-state index in [1.807, 2.05) is 12.1 Å². The molecule has 4 heteroatoms. The van der Waals surface area contributed by atoms with Gasteiger partial charge in [-0.15, -0.1) is 0 Å². The zero-order valence-corrected chi connectivity index (χ0v) is 14.3. The zero-order valence-electron chi connectivity index (χ0n) is 12.0. The number of hydrogen-bond donors (Lipinski definition) is 0. The maximum absolute atomic E-state index is 6.35. The van der Waals surface area contributed by atoms with Crippen molar-refractivity contribution in [3.63, 3.8) is 0 Å². The SMILES string of the molecule is CCCCCCCC(Br)c1cc2c(cc1Cl)OCCO2. The van der Waals surface area contributed by atoms with Crippen molar-refractivity contribution in [2.45, 2.75) is 50.3 Å². The summed E-state index contributed by atoms with van der Waals surface area (Å²) in [6.45, 7) is 3.44. The molecule has 1 unspecified atom stereocenters. The molecule has 1 atom stereocenters. The third kappa shape index (κ3) is 4.29. The van der Waals surface area contributed by atoms with Gasteiger partial charge < -0.3 is 9.47 Å². The first kappa shape index (κ1) is 16.0. The summed E-state index contributed by atoms with van der Waals surface area (Å²) in [5.41, 5.74) is 1.10. The van der Waals surface area contributed by atoms with Crippen molar-refractivity contribution in [1.29, 1.82) is 0 Å². The Morgan fingerprint density at radius 2 is 1.75 bits per heavy atom. The molecule has 112 valence electrons. The second kappa shape index (κ2) is 8.14. The fourth-order valence-electron chi connectivity index (χ4n) is 2.40. The summed E-state index contributed by atoms with van der Waals surface area (Å²) in [5.74, 6) is 1.57. The van der Waals surface area contributed by atoms with Crippen LogP contribution < -0.4 is 9.47 Å². The van der Waals surface area contributed by atoms with Crippen LogP contribution in [0, 0.1) is 0 Å². The van der Waals surface area contributed by atoms with E-state index in [0.717, 1.165) is 28.5 Å². The summed E-state index contributed by atoms with van der Waals surface area (Å²) in [7, 11) is 0. The molecule has 1 aromatic carbocycles. The van der Waals surface area contributed by atoms with Crippen LogP contribution >= 0.6 is 27.5 Å². The molecule has 2 rings (SSSR count). The molecule has 0 N–H and O–H groups in total. The Morgan fingerprint density at radius 3 is 2.45 bits per heavy atom. The highest BCUT2D eigenvalue weighted by Crippen LogP contribution is 2.41. The highest BCUT2D eigenvalue weighted by molar-refractivity contribution is 9.09. The number of hydrogen-bond acceptors (Lipinski definition) is 2. The molecule has 0 saturated heterocycles. The lowest BCUT2D eigenvalue weighted by molar-refractivity contribution is 0.171. The number of halogens is 2. The van der Waals surface area contributed by atoms with E-state index in [2.05, 4.69) is 22.9 Å². The Kier molecular flexibility index (Phi) is 6.50. The van der Waals surface area contributed by atoms with Gasteiger partial charge >= 0.3 is 0 Å². The zero-order chi connectivity index (χ0) is 14.4. The van der Waals surface area contributed by atoms with Gasteiger partial charge in [-0.2, -0.15) is 0 Å². The van der Waals surface area contributed by atoms with Gasteiger partial charge in [-0.3, -0.25) is 0 Å². The van der Waals surface area contributed by atoms with Crippen molar-refractivity contribution in [1.82, 2.24) is 0 Å². The van der Waals surface area contributed by atoms with Crippen molar-refractivity contribution < 1.29 is 9.47 Å². The Balaban J connectivity index is 1.93. The van der Waals surface area contributed by atoms with Crippen LogP contribution in [0.15, 0.2) is 12.1 Å². The molecular weight excluding hydrogens is 340 g/mol. The first-order chi connectivity index (χ1) is 9.72. The van der Waals surface area contributed by atoms with Crippen molar-refractivity contribution in [2.75, 3.05) is 13.2 Å². The highest BCUT2D eigenvalue weighted by atomic mass is 79.9. The smallest absolute Gasteiger partial charge is 0.162 e. The average Bonchev–Trinajstić information content (AvgIpc) is 2.46. The maximum atomic E-state index is 6.35. The van der Waals surface area contributed by atoms with Gasteiger partial charge in [0.2, 0.25) is 0 Å². The fraction of sp³-hybridized carbons (Fsp3) is 0.625. The van der Waals surface area contributed by atoms with E-state index in [0.29, 0.717) is 13.2 Å². The normalized spacial score (nSPS) is 15.2. The predicted molar refractivity (Wildman–Crippen MR) is 87.5 cm³/mol. The molecule has 0 fully saturated rings. The van der Waals surface area contributed by atoms with Crippen LogP contribution in [-0.2, 0) is 0 Å². The van der Waals surface area contributed by atoms with Gasteiger partial charge in [0.25, 0.3) is 0 Å². The average molecular weight is 362 g/mol. The van der Waals surface area contributed by atoms with Gasteiger partial charge in [-0.05, 0) is 18.1 Å². The van der Waals surface area contributed by atoms with E-state index in [4.69, 9.17) is 21.1 Å². The van der Waals surface area contributed by atoms with Crippen LogP contribution in [0.1, 0.15) is 55.8 Å². The van der Waals surface area contributed by atoms with E-state index in [1.165, 1.54) is 32.1 Å². The van der Waals surface area contributed by atoms with Crippen LogP contribution in [0.5, 0.6) is 11.5 Å². The van der Waals surface area contributed by atoms with E-state index in [1.54, 1.807) is 0 Å². The Hall–Kier alpha value is -0.410. The van der Waals surface area contributed by atoms with Crippen molar-refractivity contribution in [3.05, 3.63) is 22.7 Å². The Bertz CT molecular complexity index is 437. The minimum Gasteiger partial charge on any atom is -0.486 e. The summed E-state index contributed by atoms with van der Waals surface area (Å²) in [4.78, 5) is 0.285. The van der Waals surface area contributed by atoms with Gasteiger partial charge in [0, 0.05) is 15.9 Å². The lowest BCUT2D eigenvalue weighted by Crippen LogP contribution is -2.15. The van der Waals surface area contributed by atoms with Crippen molar-refractivity contribution >= 4 is 27.5 Å². The monoisotopic (exact) mass is 360 g/mol. The third-order valence-electron chi connectivity index (χ3n) is 3.56. The predicted octanol–water partition coefficient (Wildman–Crippen LogP) is 5.91. The largest absolute Gasteiger partial charge is 0.486 e. The lowest BCUT2D eigenvalue weighted by atomic mass is 10.0. The lowest BCUT2D eigenvalue weighted by Gasteiger charge is -2.21. The fourth-order valence-corrected chi connectivity index (χ4v) is 3.52. The molecule has 0 radical (unpaired) electrons. The summed E-state index contributed by atoms with van der Waals surface area (Å²) in [5, 5.41) is 0.754. The van der Waals surface area contributed by atoms with Gasteiger partial charge in [-0.25, -0.2) is 0 Å². The summed E-state index contributed by atoms with van der Waals surface area (Å²) < 4.78 is 11.2. The molecule has 0 aromatic heterocycles. The summed E-state index contributed by atoms with van der Waals surface area (Å²) in [6.07, 6.45) is 7.55. The number of alkyl halides is 1. The minimum atomic E-state index is 0.285. The van der Waals surface area contributed by atoms with Crippen LogP contribution in [0.3, 0.4) is 0 Å². The van der Waals surface area contributed by atoms with Crippen LogP contribution in [-0.4, -0.2) is 13.2 Å². The highest BCUT2D eigenvalue weighted by Gasteiger charge is 2.18.